The van der Waals surface area contributed by atoms with Crippen molar-refractivity contribution >= 4 is 5.91 Å². The van der Waals surface area contributed by atoms with Gasteiger partial charge in [0.25, 0.3) is 5.91 Å². The Labute approximate surface area is 96.4 Å². The molecule has 4 heteroatoms. The van der Waals surface area contributed by atoms with Gasteiger partial charge in [-0.05, 0) is 27.7 Å². The van der Waals surface area contributed by atoms with Crippen LogP contribution >= 0.6 is 0 Å². The third-order valence-electron chi connectivity index (χ3n) is 3.10. The lowest BCUT2D eigenvalue weighted by Gasteiger charge is -2.23. The summed E-state index contributed by atoms with van der Waals surface area (Å²) in [6, 6.07) is 0.0292. The van der Waals surface area contributed by atoms with Crippen molar-refractivity contribution in [1.82, 2.24) is 4.90 Å². The van der Waals surface area contributed by atoms with Crippen molar-refractivity contribution < 1.29 is 9.21 Å². The van der Waals surface area contributed by atoms with Gasteiger partial charge in [0.05, 0.1) is 5.56 Å². The third kappa shape index (κ3) is 2.11. The lowest BCUT2D eigenvalue weighted by atomic mass is 10.1. The number of aryl methyl sites for hydroxylation is 2. The first-order chi connectivity index (χ1) is 7.40. The van der Waals surface area contributed by atoms with Gasteiger partial charge in [0, 0.05) is 25.2 Å². The second kappa shape index (κ2) is 4.70. The SMILES string of the molecule is Cc1oc(C)c(C(=O)N(C)C(C)CN)c1C. The van der Waals surface area contributed by atoms with Crippen LogP contribution in [0.25, 0.3) is 0 Å². The van der Waals surface area contributed by atoms with E-state index in [-0.39, 0.29) is 11.9 Å². The maximum atomic E-state index is 12.2. The van der Waals surface area contributed by atoms with Crippen LogP contribution in [0.5, 0.6) is 0 Å². The number of amides is 1. The van der Waals surface area contributed by atoms with E-state index in [2.05, 4.69) is 0 Å². The van der Waals surface area contributed by atoms with E-state index in [0.717, 1.165) is 11.3 Å². The van der Waals surface area contributed by atoms with Gasteiger partial charge in [0.1, 0.15) is 11.5 Å². The number of likely N-dealkylation sites (N-methyl/N-ethyl adjacent to an activating group) is 1. The van der Waals surface area contributed by atoms with Crippen molar-refractivity contribution in [3.8, 4) is 0 Å². The zero-order valence-electron chi connectivity index (χ0n) is 10.6. The fourth-order valence-corrected chi connectivity index (χ4v) is 1.64. The molecule has 0 saturated carbocycles. The Bertz CT molecular complexity index is 396. The van der Waals surface area contributed by atoms with Gasteiger partial charge >= 0.3 is 0 Å². The molecule has 0 aromatic carbocycles. The van der Waals surface area contributed by atoms with Crippen molar-refractivity contribution in [3.05, 3.63) is 22.6 Å². The van der Waals surface area contributed by atoms with E-state index < -0.39 is 0 Å². The summed E-state index contributed by atoms with van der Waals surface area (Å²) >= 11 is 0. The molecule has 0 spiro atoms. The van der Waals surface area contributed by atoms with Gasteiger partial charge in [0.15, 0.2) is 0 Å². The minimum Gasteiger partial charge on any atom is -0.466 e. The average Bonchev–Trinajstić information content (AvgIpc) is 2.50. The number of hydrogen-bond donors (Lipinski definition) is 1. The molecule has 0 bridgehead atoms. The van der Waals surface area contributed by atoms with Crippen molar-refractivity contribution in [1.29, 1.82) is 0 Å². The second-order valence-electron chi connectivity index (χ2n) is 4.22. The molecule has 1 unspecified atom stereocenters. The Morgan fingerprint density at radius 2 is 1.94 bits per heavy atom. The highest BCUT2D eigenvalue weighted by molar-refractivity contribution is 5.96. The Kier molecular flexibility index (Phi) is 3.75. The Hall–Kier alpha value is -1.29. The monoisotopic (exact) mass is 224 g/mol. The zero-order chi connectivity index (χ0) is 12.5. The number of nitrogens with zero attached hydrogens (tertiary/aromatic N) is 1. The predicted octanol–water partition coefficient (Wildman–Crippen LogP) is 1.62. The number of furan rings is 1. The zero-order valence-corrected chi connectivity index (χ0v) is 10.6. The van der Waals surface area contributed by atoms with E-state index in [0.29, 0.717) is 17.9 Å². The molecule has 0 radical (unpaired) electrons. The average molecular weight is 224 g/mol. The maximum absolute atomic E-state index is 12.2. The number of carbonyl (C=O) groups is 1. The van der Waals surface area contributed by atoms with Crippen LogP contribution in [0.4, 0.5) is 0 Å². The first kappa shape index (κ1) is 12.8. The predicted molar refractivity (Wildman–Crippen MR) is 63.5 cm³/mol. The summed E-state index contributed by atoms with van der Waals surface area (Å²) in [5, 5.41) is 0. The van der Waals surface area contributed by atoms with Crippen LogP contribution in [0.15, 0.2) is 4.42 Å². The number of carbonyl (C=O) groups excluding carboxylic acids is 1. The fourth-order valence-electron chi connectivity index (χ4n) is 1.64. The molecular formula is C12H20N2O2. The van der Waals surface area contributed by atoms with Gasteiger partial charge in [-0.2, -0.15) is 0 Å². The largest absolute Gasteiger partial charge is 0.466 e. The van der Waals surface area contributed by atoms with Crippen LogP contribution in [0, 0.1) is 20.8 Å². The molecule has 0 saturated heterocycles. The number of hydrogen-bond acceptors (Lipinski definition) is 3. The Morgan fingerprint density at radius 3 is 2.31 bits per heavy atom. The molecule has 1 amide bonds. The summed E-state index contributed by atoms with van der Waals surface area (Å²) in [7, 11) is 1.76. The van der Waals surface area contributed by atoms with Crippen LogP contribution in [0.1, 0.15) is 34.4 Å². The van der Waals surface area contributed by atoms with Crippen molar-refractivity contribution in [2.75, 3.05) is 13.6 Å². The summed E-state index contributed by atoms with van der Waals surface area (Å²) < 4.78 is 5.45. The van der Waals surface area contributed by atoms with Gasteiger partial charge in [-0.25, -0.2) is 0 Å². The highest BCUT2D eigenvalue weighted by Crippen LogP contribution is 2.22. The lowest BCUT2D eigenvalue weighted by Crippen LogP contribution is -2.40. The molecule has 16 heavy (non-hydrogen) atoms. The van der Waals surface area contributed by atoms with Gasteiger partial charge < -0.3 is 15.1 Å². The quantitative estimate of drug-likeness (QED) is 0.848. The van der Waals surface area contributed by atoms with E-state index >= 15 is 0 Å². The highest BCUT2D eigenvalue weighted by atomic mass is 16.3. The molecule has 4 nitrogen and oxygen atoms in total. The minimum absolute atomic E-state index is 0.0233. The van der Waals surface area contributed by atoms with E-state index in [9.17, 15) is 4.79 Å². The lowest BCUT2D eigenvalue weighted by molar-refractivity contribution is 0.0746. The van der Waals surface area contributed by atoms with Crippen molar-refractivity contribution in [3.63, 3.8) is 0 Å². The molecule has 1 aromatic rings. The smallest absolute Gasteiger partial charge is 0.257 e. The molecule has 1 aromatic heterocycles. The van der Waals surface area contributed by atoms with E-state index in [1.54, 1.807) is 11.9 Å². The molecule has 90 valence electrons. The van der Waals surface area contributed by atoms with Crippen molar-refractivity contribution in [2.24, 2.45) is 5.73 Å². The Morgan fingerprint density at radius 1 is 1.38 bits per heavy atom. The van der Waals surface area contributed by atoms with Crippen LogP contribution in [0.2, 0.25) is 0 Å². The maximum Gasteiger partial charge on any atom is 0.257 e. The third-order valence-corrected chi connectivity index (χ3v) is 3.10. The Balaban J connectivity index is 3.05. The van der Waals surface area contributed by atoms with E-state index in [1.807, 2.05) is 27.7 Å². The van der Waals surface area contributed by atoms with Crippen LogP contribution in [0.3, 0.4) is 0 Å². The molecule has 1 heterocycles. The van der Waals surface area contributed by atoms with Crippen molar-refractivity contribution in [2.45, 2.75) is 33.7 Å². The molecule has 1 rings (SSSR count). The fraction of sp³-hybridized carbons (Fsp3) is 0.583. The molecule has 0 aliphatic carbocycles. The minimum atomic E-state index is -0.0233. The summed E-state index contributed by atoms with van der Waals surface area (Å²) in [5.74, 6) is 1.45. The van der Waals surface area contributed by atoms with Gasteiger partial charge in [-0.15, -0.1) is 0 Å². The first-order valence-electron chi connectivity index (χ1n) is 5.44. The van der Waals surface area contributed by atoms with Gasteiger partial charge in [-0.3, -0.25) is 4.79 Å². The van der Waals surface area contributed by atoms with E-state index in [1.165, 1.54) is 0 Å². The highest BCUT2D eigenvalue weighted by Gasteiger charge is 2.23. The number of nitrogens with two attached hydrogens (primary N) is 1. The van der Waals surface area contributed by atoms with Crippen LogP contribution < -0.4 is 5.73 Å². The molecule has 0 fully saturated rings. The summed E-state index contributed by atoms with van der Waals surface area (Å²) in [6.45, 7) is 7.96. The van der Waals surface area contributed by atoms with E-state index in [4.69, 9.17) is 10.2 Å². The van der Waals surface area contributed by atoms with Gasteiger partial charge in [-0.1, -0.05) is 0 Å². The summed E-state index contributed by atoms with van der Waals surface area (Å²) in [4.78, 5) is 13.9. The first-order valence-corrected chi connectivity index (χ1v) is 5.44. The van der Waals surface area contributed by atoms with Crippen LogP contribution in [-0.2, 0) is 0 Å². The molecule has 1 atom stereocenters. The molecule has 0 aliphatic heterocycles. The molecular weight excluding hydrogens is 204 g/mol. The summed E-state index contributed by atoms with van der Waals surface area (Å²) in [5.41, 5.74) is 7.14. The number of rotatable bonds is 3. The topological polar surface area (TPSA) is 59.5 Å². The standard InChI is InChI=1S/C12H20N2O2/c1-7(6-13)14(5)12(15)11-8(2)9(3)16-10(11)4/h7H,6,13H2,1-5H3. The second-order valence-corrected chi connectivity index (χ2v) is 4.22. The summed E-state index contributed by atoms with van der Waals surface area (Å²) in [6.07, 6.45) is 0. The molecule has 0 aliphatic rings. The normalized spacial score (nSPS) is 12.6. The molecule has 2 N–H and O–H groups in total. The van der Waals surface area contributed by atoms with Gasteiger partial charge in [0.2, 0.25) is 0 Å². The van der Waals surface area contributed by atoms with Crippen LogP contribution in [-0.4, -0.2) is 30.4 Å².